The average Bonchev–Trinajstić information content (AvgIpc) is 3.14. The molecule has 29 heavy (non-hydrogen) atoms. The Kier molecular flexibility index (Phi) is 5.19. The minimum absolute atomic E-state index is 0.139. The number of rotatable bonds is 3. The second-order valence-electron chi connectivity index (χ2n) is 6.71. The van der Waals surface area contributed by atoms with Crippen molar-refractivity contribution in [2.24, 2.45) is 0 Å². The maximum absolute atomic E-state index is 13.2. The summed E-state index contributed by atoms with van der Waals surface area (Å²) in [5.74, 6) is 0.976. The molecule has 1 aliphatic heterocycles. The lowest BCUT2D eigenvalue weighted by Crippen LogP contribution is -2.49. The summed E-state index contributed by atoms with van der Waals surface area (Å²) in [7, 11) is 0. The molecule has 1 amide bonds. The van der Waals surface area contributed by atoms with Crippen LogP contribution < -0.4 is 4.90 Å². The normalized spacial score (nSPS) is 14.0. The van der Waals surface area contributed by atoms with Gasteiger partial charge in [0.15, 0.2) is 0 Å². The number of hydrogen-bond acceptors (Lipinski definition) is 6. The van der Waals surface area contributed by atoms with E-state index in [9.17, 15) is 10.1 Å². The molecule has 0 bridgehead atoms. The van der Waals surface area contributed by atoms with Crippen LogP contribution in [0.1, 0.15) is 21.7 Å². The molecule has 0 saturated carbocycles. The summed E-state index contributed by atoms with van der Waals surface area (Å²) in [6.45, 7) is 3.91. The zero-order chi connectivity index (χ0) is 20.4. The fourth-order valence-corrected chi connectivity index (χ4v) is 3.70. The molecule has 1 fully saturated rings. The van der Waals surface area contributed by atoms with Gasteiger partial charge in [0.25, 0.3) is 5.91 Å². The third kappa shape index (κ3) is 3.55. The number of nitriles is 1. The van der Waals surface area contributed by atoms with Crippen LogP contribution in [0.25, 0.3) is 11.3 Å². The number of amides is 1. The summed E-state index contributed by atoms with van der Waals surface area (Å²) in [5, 5.41) is 13.9. The number of aromatic nitrogens is 2. The fourth-order valence-electron chi connectivity index (χ4n) is 3.48. The molecule has 0 atom stereocenters. The van der Waals surface area contributed by atoms with Gasteiger partial charge in [0, 0.05) is 37.9 Å². The molecule has 2 aromatic heterocycles. The van der Waals surface area contributed by atoms with Crippen LogP contribution in [-0.2, 0) is 0 Å². The van der Waals surface area contributed by atoms with Crippen molar-refractivity contribution in [3.8, 4) is 17.3 Å². The maximum Gasteiger partial charge on any atom is 0.259 e. The number of anilines is 1. The van der Waals surface area contributed by atoms with E-state index in [1.165, 1.54) is 0 Å². The quantitative estimate of drug-likeness (QED) is 0.660. The summed E-state index contributed by atoms with van der Waals surface area (Å²) in [4.78, 5) is 21.4. The van der Waals surface area contributed by atoms with Crippen molar-refractivity contribution in [3.05, 3.63) is 64.5 Å². The molecule has 0 N–H and O–H groups in total. The van der Waals surface area contributed by atoms with Crippen LogP contribution in [0.5, 0.6) is 0 Å². The molecule has 0 aliphatic carbocycles. The Bertz CT molecular complexity index is 1100. The lowest BCUT2D eigenvalue weighted by molar-refractivity contribution is 0.0745. The first kappa shape index (κ1) is 19.0. The number of aryl methyl sites for hydroxylation is 1. The first-order valence-corrected chi connectivity index (χ1v) is 9.58. The van der Waals surface area contributed by atoms with Gasteiger partial charge >= 0.3 is 0 Å². The first-order valence-electron chi connectivity index (χ1n) is 9.20. The van der Waals surface area contributed by atoms with Gasteiger partial charge in [0.05, 0.1) is 10.6 Å². The Labute approximate surface area is 173 Å². The van der Waals surface area contributed by atoms with Gasteiger partial charge in [-0.25, -0.2) is 4.98 Å². The molecule has 8 heteroatoms. The monoisotopic (exact) mass is 407 g/mol. The van der Waals surface area contributed by atoms with Crippen molar-refractivity contribution >= 4 is 23.3 Å². The van der Waals surface area contributed by atoms with Gasteiger partial charge in [-0.15, -0.1) is 0 Å². The number of carbonyl (C=O) groups excluding carboxylic acids is 1. The third-order valence-corrected chi connectivity index (χ3v) is 5.31. The van der Waals surface area contributed by atoms with E-state index in [-0.39, 0.29) is 5.91 Å². The molecule has 3 heterocycles. The van der Waals surface area contributed by atoms with Crippen LogP contribution >= 0.6 is 11.6 Å². The molecule has 3 aromatic rings. The van der Waals surface area contributed by atoms with E-state index >= 15 is 0 Å². The van der Waals surface area contributed by atoms with Gasteiger partial charge in [-0.2, -0.15) is 5.26 Å². The highest BCUT2D eigenvalue weighted by Gasteiger charge is 2.30. The Morgan fingerprint density at radius 2 is 1.93 bits per heavy atom. The summed E-state index contributed by atoms with van der Waals surface area (Å²) in [5.41, 5.74) is 2.09. The zero-order valence-electron chi connectivity index (χ0n) is 15.8. The molecule has 0 spiro atoms. The van der Waals surface area contributed by atoms with Crippen molar-refractivity contribution in [1.82, 2.24) is 15.0 Å². The van der Waals surface area contributed by atoms with Gasteiger partial charge in [-0.3, -0.25) is 4.79 Å². The van der Waals surface area contributed by atoms with E-state index in [1.54, 1.807) is 36.2 Å². The summed E-state index contributed by atoms with van der Waals surface area (Å²) in [6.07, 6.45) is 1.67. The summed E-state index contributed by atoms with van der Waals surface area (Å²) < 4.78 is 5.33. The number of piperazine rings is 1. The number of benzene rings is 1. The van der Waals surface area contributed by atoms with Crippen molar-refractivity contribution in [2.75, 3.05) is 31.1 Å². The highest BCUT2D eigenvalue weighted by atomic mass is 35.5. The van der Waals surface area contributed by atoms with Crippen molar-refractivity contribution < 1.29 is 9.32 Å². The second-order valence-corrected chi connectivity index (χ2v) is 7.12. The van der Waals surface area contributed by atoms with E-state index < -0.39 is 0 Å². The molecule has 0 unspecified atom stereocenters. The van der Waals surface area contributed by atoms with Crippen LogP contribution in [0.4, 0.5) is 5.82 Å². The number of hydrogen-bond donors (Lipinski definition) is 0. The molecule has 4 rings (SSSR count). The molecule has 7 nitrogen and oxygen atoms in total. The third-order valence-electron chi connectivity index (χ3n) is 4.98. The molecule has 0 radical (unpaired) electrons. The Hall–Kier alpha value is -3.37. The van der Waals surface area contributed by atoms with E-state index in [1.807, 2.05) is 23.1 Å². The van der Waals surface area contributed by atoms with E-state index in [4.69, 9.17) is 16.1 Å². The molecule has 1 aliphatic rings. The van der Waals surface area contributed by atoms with Crippen LogP contribution in [0.15, 0.2) is 47.1 Å². The van der Waals surface area contributed by atoms with E-state index in [0.29, 0.717) is 65.2 Å². The van der Waals surface area contributed by atoms with Crippen molar-refractivity contribution in [1.29, 1.82) is 5.26 Å². The molecule has 1 saturated heterocycles. The maximum atomic E-state index is 13.2. The first-order chi connectivity index (χ1) is 14.1. The summed E-state index contributed by atoms with van der Waals surface area (Å²) in [6, 6.07) is 12.9. The summed E-state index contributed by atoms with van der Waals surface area (Å²) >= 11 is 6.30. The lowest BCUT2D eigenvalue weighted by atomic mass is 10.0. The predicted molar refractivity (Wildman–Crippen MR) is 109 cm³/mol. The highest BCUT2D eigenvalue weighted by Crippen LogP contribution is 2.32. The lowest BCUT2D eigenvalue weighted by Gasteiger charge is -2.35. The van der Waals surface area contributed by atoms with Crippen LogP contribution in [0.2, 0.25) is 5.02 Å². The fraction of sp³-hybridized carbons (Fsp3) is 0.238. The second kappa shape index (κ2) is 7.94. The van der Waals surface area contributed by atoms with Crippen LogP contribution in [-0.4, -0.2) is 47.1 Å². The minimum atomic E-state index is -0.139. The van der Waals surface area contributed by atoms with Gasteiger partial charge in [-0.1, -0.05) is 35.0 Å². The van der Waals surface area contributed by atoms with Crippen molar-refractivity contribution in [2.45, 2.75) is 6.92 Å². The Morgan fingerprint density at radius 1 is 1.17 bits per heavy atom. The molecular formula is C21H18ClN5O2. The average molecular weight is 408 g/mol. The van der Waals surface area contributed by atoms with Gasteiger partial charge < -0.3 is 14.3 Å². The van der Waals surface area contributed by atoms with Crippen molar-refractivity contribution in [3.63, 3.8) is 0 Å². The number of pyridine rings is 1. The zero-order valence-corrected chi connectivity index (χ0v) is 16.6. The van der Waals surface area contributed by atoms with Crippen LogP contribution in [0.3, 0.4) is 0 Å². The number of nitrogens with zero attached hydrogens (tertiary/aromatic N) is 5. The minimum Gasteiger partial charge on any atom is -0.360 e. The van der Waals surface area contributed by atoms with Gasteiger partial charge in [0.2, 0.25) is 0 Å². The van der Waals surface area contributed by atoms with E-state index in [2.05, 4.69) is 16.2 Å². The largest absolute Gasteiger partial charge is 0.360 e. The highest BCUT2D eigenvalue weighted by molar-refractivity contribution is 6.33. The topological polar surface area (TPSA) is 86.3 Å². The number of carbonyl (C=O) groups is 1. The molecule has 146 valence electrons. The number of halogens is 1. The molecule has 1 aromatic carbocycles. The van der Waals surface area contributed by atoms with Gasteiger partial charge in [-0.05, 0) is 25.1 Å². The van der Waals surface area contributed by atoms with Crippen LogP contribution in [0, 0.1) is 18.3 Å². The van der Waals surface area contributed by atoms with E-state index in [0.717, 1.165) is 0 Å². The molecular weight excluding hydrogens is 390 g/mol. The van der Waals surface area contributed by atoms with Gasteiger partial charge in [0.1, 0.15) is 28.9 Å². The SMILES string of the molecule is Cc1onc(-c2ccccc2Cl)c1C(=O)N1CCN(c2ncccc2C#N)CC1. The smallest absolute Gasteiger partial charge is 0.259 e. The Morgan fingerprint density at radius 3 is 2.66 bits per heavy atom. The predicted octanol–water partition coefficient (Wildman–Crippen LogP) is 3.53. The standard InChI is InChI=1S/C21H18ClN5O2/c1-14-18(19(25-29-14)16-6-2-3-7-17(16)22)21(28)27-11-9-26(10-12-27)20-15(13-23)5-4-8-24-20/h2-8H,9-12H2,1H3. The Balaban J connectivity index is 1.55.